The number of hydrogen-bond donors (Lipinski definition) is 1. The lowest BCUT2D eigenvalue weighted by Gasteiger charge is -2.10. The molecule has 7 nitrogen and oxygen atoms in total. The number of nitrogens with one attached hydrogen (secondary N) is 1. The van der Waals surface area contributed by atoms with Gasteiger partial charge in [-0.3, -0.25) is 9.20 Å². The standard InChI is InChI=1S/C25H20N4O3S/c1-32-24(31)17-11-12-18-20(13-17)28-25(29-21-10-6-5-9-19(21)27-23(18)29)33-15-22(30)26-14-16-7-3-2-4-8-16/h2-13H,14-15H2,1H3,(H,26,30). The van der Waals surface area contributed by atoms with Gasteiger partial charge in [0.15, 0.2) is 5.16 Å². The van der Waals surface area contributed by atoms with Crippen LogP contribution in [-0.2, 0) is 16.1 Å². The number of aromatic nitrogens is 3. The Morgan fingerprint density at radius 1 is 0.970 bits per heavy atom. The number of nitrogens with zero attached hydrogens (tertiary/aromatic N) is 3. The van der Waals surface area contributed by atoms with Gasteiger partial charge in [-0.15, -0.1) is 0 Å². The van der Waals surface area contributed by atoms with Crippen molar-refractivity contribution in [1.29, 1.82) is 0 Å². The summed E-state index contributed by atoms with van der Waals surface area (Å²) in [6.07, 6.45) is 0. The molecule has 0 fully saturated rings. The van der Waals surface area contributed by atoms with Crippen LogP contribution in [0.25, 0.3) is 27.6 Å². The molecule has 0 aliphatic rings. The molecule has 8 heteroatoms. The molecule has 3 aromatic carbocycles. The lowest BCUT2D eigenvalue weighted by molar-refractivity contribution is -0.118. The predicted octanol–water partition coefficient (Wildman–Crippen LogP) is 4.23. The van der Waals surface area contributed by atoms with Gasteiger partial charge < -0.3 is 10.1 Å². The summed E-state index contributed by atoms with van der Waals surface area (Å²) in [5.74, 6) is -0.322. The van der Waals surface area contributed by atoms with E-state index in [1.165, 1.54) is 18.9 Å². The number of amides is 1. The zero-order chi connectivity index (χ0) is 22.8. The second-order valence-electron chi connectivity index (χ2n) is 7.43. The predicted molar refractivity (Wildman–Crippen MR) is 128 cm³/mol. The van der Waals surface area contributed by atoms with Gasteiger partial charge in [0.05, 0.1) is 35.0 Å². The number of thioether (sulfide) groups is 1. The van der Waals surface area contributed by atoms with Crippen LogP contribution >= 0.6 is 11.8 Å². The Morgan fingerprint density at radius 2 is 1.76 bits per heavy atom. The summed E-state index contributed by atoms with van der Waals surface area (Å²) in [6.45, 7) is 0.470. The van der Waals surface area contributed by atoms with Gasteiger partial charge in [0, 0.05) is 11.9 Å². The van der Waals surface area contributed by atoms with Crippen molar-refractivity contribution < 1.29 is 14.3 Å². The van der Waals surface area contributed by atoms with Crippen LogP contribution in [0, 0.1) is 0 Å². The van der Waals surface area contributed by atoms with E-state index < -0.39 is 5.97 Å². The topological polar surface area (TPSA) is 85.6 Å². The number of methoxy groups -OCH3 is 1. The third-order valence-corrected chi connectivity index (χ3v) is 6.23. The quantitative estimate of drug-likeness (QED) is 0.234. The number of rotatable bonds is 6. The van der Waals surface area contributed by atoms with Crippen molar-refractivity contribution in [3.05, 3.63) is 83.9 Å². The average Bonchev–Trinajstić information content (AvgIpc) is 3.26. The van der Waals surface area contributed by atoms with Crippen LogP contribution in [-0.4, -0.2) is 39.1 Å². The van der Waals surface area contributed by atoms with Crippen molar-refractivity contribution in [2.75, 3.05) is 12.9 Å². The third kappa shape index (κ3) is 4.12. The smallest absolute Gasteiger partial charge is 0.337 e. The van der Waals surface area contributed by atoms with E-state index in [0.717, 1.165) is 27.6 Å². The van der Waals surface area contributed by atoms with E-state index >= 15 is 0 Å². The first-order valence-electron chi connectivity index (χ1n) is 10.4. The van der Waals surface area contributed by atoms with Crippen LogP contribution in [0.4, 0.5) is 0 Å². The maximum Gasteiger partial charge on any atom is 0.337 e. The lowest BCUT2D eigenvalue weighted by Crippen LogP contribution is -2.24. The van der Waals surface area contributed by atoms with E-state index in [9.17, 15) is 9.59 Å². The first-order valence-corrected chi connectivity index (χ1v) is 11.4. The number of fused-ring (bicyclic) bond motifs is 5. The highest BCUT2D eigenvalue weighted by Gasteiger charge is 2.17. The van der Waals surface area contributed by atoms with Crippen LogP contribution in [0.15, 0.2) is 78.0 Å². The molecule has 0 spiro atoms. The van der Waals surface area contributed by atoms with Crippen LogP contribution in [0.5, 0.6) is 0 Å². The summed E-state index contributed by atoms with van der Waals surface area (Å²) in [4.78, 5) is 34.1. The van der Waals surface area contributed by atoms with E-state index in [0.29, 0.717) is 22.8 Å². The van der Waals surface area contributed by atoms with Gasteiger partial charge in [0.2, 0.25) is 5.91 Å². The molecule has 0 atom stereocenters. The summed E-state index contributed by atoms with van der Waals surface area (Å²) in [5.41, 5.74) is 4.54. The van der Waals surface area contributed by atoms with Gasteiger partial charge in [-0.2, -0.15) is 0 Å². The zero-order valence-electron chi connectivity index (χ0n) is 17.8. The number of imidazole rings is 1. The van der Waals surface area contributed by atoms with Gasteiger partial charge in [-0.25, -0.2) is 14.8 Å². The van der Waals surface area contributed by atoms with Crippen molar-refractivity contribution in [3.63, 3.8) is 0 Å². The Labute approximate surface area is 193 Å². The molecular weight excluding hydrogens is 436 g/mol. The van der Waals surface area contributed by atoms with Gasteiger partial charge in [0.25, 0.3) is 0 Å². The molecule has 2 heterocycles. The fraction of sp³-hybridized carbons (Fsp3) is 0.120. The molecule has 0 saturated carbocycles. The Balaban J connectivity index is 1.51. The number of carbonyl (C=O) groups is 2. The zero-order valence-corrected chi connectivity index (χ0v) is 18.6. The molecule has 0 unspecified atom stereocenters. The molecule has 0 aliphatic heterocycles. The molecule has 2 aromatic heterocycles. The minimum atomic E-state index is -0.429. The first-order chi connectivity index (χ1) is 16.1. The molecule has 33 heavy (non-hydrogen) atoms. The van der Waals surface area contributed by atoms with E-state index in [2.05, 4.69) is 5.32 Å². The van der Waals surface area contributed by atoms with E-state index in [4.69, 9.17) is 14.7 Å². The van der Waals surface area contributed by atoms with Crippen molar-refractivity contribution in [2.45, 2.75) is 11.7 Å². The second kappa shape index (κ2) is 8.91. The maximum absolute atomic E-state index is 12.5. The lowest BCUT2D eigenvalue weighted by atomic mass is 10.1. The highest BCUT2D eigenvalue weighted by molar-refractivity contribution is 7.99. The van der Waals surface area contributed by atoms with Gasteiger partial charge >= 0.3 is 5.97 Å². The van der Waals surface area contributed by atoms with Gasteiger partial charge in [-0.1, -0.05) is 54.2 Å². The molecule has 0 radical (unpaired) electrons. The Hall–Kier alpha value is -3.91. The van der Waals surface area contributed by atoms with Gasteiger partial charge in [-0.05, 0) is 35.9 Å². The molecule has 0 saturated heterocycles. The number of para-hydroxylation sites is 2. The van der Waals surface area contributed by atoms with Crippen LogP contribution in [0.3, 0.4) is 0 Å². The maximum atomic E-state index is 12.5. The van der Waals surface area contributed by atoms with Crippen molar-refractivity contribution in [3.8, 4) is 0 Å². The molecule has 1 N–H and O–H groups in total. The summed E-state index contributed by atoms with van der Waals surface area (Å²) in [6, 6.07) is 22.8. The number of ether oxygens (including phenoxy) is 1. The van der Waals surface area contributed by atoms with E-state index in [-0.39, 0.29) is 11.7 Å². The average molecular weight is 457 g/mol. The largest absolute Gasteiger partial charge is 0.465 e. The van der Waals surface area contributed by atoms with E-state index in [1.807, 2.05) is 65.1 Å². The third-order valence-electron chi connectivity index (χ3n) is 5.29. The van der Waals surface area contributed by atoms with E-state index in [1.54, 1.807) is 12.1 Å². The molecule has 5 aromatic rings. The second-order valence-corrected chi connectivity index (χ2v) is 8.37. The summed E-state index contributed by atoms with van der Waals surface area (Å²) < 4.78 is 6.81. The Bertz CT molecular complexity index is 1500. The fourth-order valence-electron chi connectivity index (χ4n) is 3.69. The molecule has 1 amide bonds. The van der Waals surface area contributed by atoms with Crippen LogP contribution < -0.4 is 5.32 Å². The van der Waals surface area contributed by atoms with Crippen LogP contribution in [0.1, 0.15) is 15.9 Å². The molecule has 164 valence electrons. The normalized spacial score (nSPS) is 11.2. The number of esters is 1. The van der Waals surface area contributed by atoms with Crippen molar-refractivity contribution >= 4 is 51.2 Å². The fourth-order valence-corrected chi connectivity index (χ4v) is 4.52. The minimum Gasteiger partial charge on any atom is -0.465 e. The number of carbonyl (C=O) groups excluding carboxylic acids is 2. The highest BCUT2D eigenvalue weighted by atomic mass is 32.2. The summed E-state index contributed by atoms with van der Waals surface area (Å²) in [7, 11) is 1.35. The number of benzene rings is 3. The van der Waals surface area contributed by atoms with Crippen molar-refractivity contribution in [2.24, 2.45) is 0 Å². The minimum absolute atomic E-state index is 0.0911. The first kappa shape index (κ1) is 21.0. The van der Waals surface area contributed by atoms with Crippen molar-refractivity contribution in [1.82, 2.24) is 19.7 Å². The van der Waals surface area contributed by atoms with Crippen LogP contribution in [0.2, 0.25) is 0 Å². The molecule has 5 rings (SSSR count). The number of hydrogen-bond acceptors (Lipinski definition) is 6. The summed E-state index contributed by atoms with van der Waals surface area (Å²) >= 11 is 1.33. The monoisotopic (exact) mass is 456 g/mol. The molecule has 0 bridgehead atoms. The molecule has 0 aliphatic carbocycles. The Kier molecular flexibility index (Phi) is 5.66. The highest BCUT2D eigenvalue weighted by Crippen LogP contribution is 2.29. The van der Waals surface area contributed by atoms with Gasteiger partial charge in [0.1, 0.15) is 5.65 Å². The molecular formula is C25H20N4O3S. The Morgan fingerprint density at radius 3 is 2.58 bits per heavy atom. The SMILES string of the molecule is COC(=O)c1ccc2c(c1)nc(SCC(=O)NCc1ccccc1)n1c3ccccc3nc21. The summed E-state index contributed by atoms with van der Waals surface area (Å²) in [5, 5.41) is 4.39.